The lowest BCUT2D eigenvalue weighted by Gasteiger charge is -2.34. The zero-order valence-corrected chi connectivity index (χ0v) is 18.0. The molecule has 1 aliphatic heterocycles. The highest BCUT2D eigenvalue weighted by Gasteiger charge is 2.27. The fourth-order valence-electron chi connectivity index (χ4n) is 4.00. The molecule has 1 unspecified atom stereocenters. The van der Waals surface area contributed by atoms with Gasteiger partial charge in [0.2, 0.25) is 0 Å². The zero-order valence-electron chi connectivity index (χ0n) is 17.2. The van der Waals surface area contributed by atoms with Crippen LogP contribution in [0.2, 0.25) is 0 Å². The normalized spacial score (nSPS) is 18.2. The highest BCUT2D eigenvalue weighted by molar-refractivity contribution is 7.80. The van der Waals surface area contributed by atoms with Crippen LogP contribution < -0.4 is 9.46 Å². The van der Waals surface area contributed by atoms with Gasteiger partial charge in [0.1, 0.15) is 5.75 Å². The van der Waals surface area contributed by atoms with E-state index in [1.165, 1.54) is 38.9 Å². The standard InChI is InChI=1S/C20H29N3O6S/c1-28-18-14-16(21-30(26)27)6-7-17(18)19(24)22-9-11-23(12-10-22)20(25)29-13-8-15-4-2-3-5-15/h6-7,14-15,21H,2-5,8-13H2,1H3,(H,26,27). The molecule has 1 aliphatic carbocycles. The first-order chi connectivity index (χ1) is 14.5. The van der Waals surface area contributed by atoms with Crippen molar-refractivity contribution < 1.29 is 27.8 Å². The molecule has 3 rings (SSSR count). The van der Waals surface area contributed by atoms with Crippen LogP contribution in [0.15, 0.2) is 18.2 Å². The fourth-order valence-corrected chi connectivity index (χ4v) is 4.33. The van der Waals surface area contributed by atoms with Crippen LogP contribution in [0, 0.1) is 5.92 Å². The molecule has 1 aromatic carbocycles. The van der Waals surface area contributed by atoms with Gasteiger partial charge in [0.05, 0.1) is 25.0 Å². The summed E-state index contributed by atoms with van der Waals surface area (Å²) in [5.74, 6) is 0.781. The molecule has 1 heterocycles. The van der Waals surface area contributed by atoms with Crippen molar-refractivity contribution in [2.45, 2.75) is 32.1 Å². The summed E-state index contributed by atoms with van der Waals surface area (Å²) in [4.78, 5) is 28.5. The van der Waals surface area contributed by atoms with Crippen LogP contribution in [0.3, 0.4) is 0 Å². The Bertz CT molecular complexity index is 776. The Labute approximate surface area is 179 Å². The van der Waals surface area contributed by atoms with Gasteiger partial charge in [-0.05, 0) is 24.5 Å². The summed E-state index contributed by atoms with van der Waals surface area (Å²) in [6.45, 7) is 2.10. The minimum atomic E-state index is -2.21. The predicted molar refractivity (Wildman–Crippen MR) is 113 cm³/mol. The summed E-state index contributed by atoms with van der Waals surface area (Å²) in [5, 5.41) is 0. The van der Waals surface area contributed by atoms with Gasteiger partial charge in [0, 0.05) is 32.2 Å². The average Bonchev–Trinajstić information content (AvgIpc) is 3.26. The molecule has 2 fully saturated rings. The number of carbonyl (C=O) groups is 2. The number of carbonyl (C=O) groups excluding carboxylic acids is 2. The van der Waals surface area contributed by atoms with Crippen LogP contribution in [-0.4, -0.2) is 70.5 Å². The van der Waals surface area contributed by atoms with Crippen LogP contribution in [0.1, 0.15) is 42.5 Å². The van der Waals surface area contributed by atoms with Gasteiger partial charge in [-0.1, -0.05) is 25.7 Å². The Kier molecular flexibility index (Phi) is 7.92. The van der Waals surface area contributed by atoms with E-state index in [1.54, 1.807) is 21.9 Å². The van der Waals surface area contributed by atoms with Crippen LogP contribution in [0.4, 0.5) is 10.5 Å². The number of hydrogen-bond acceptors (Lipinski definition) is 5. The van der Waals surface area contributed by atoms with Crippen molar-refractivity contribution in [3.63, 3.8) is 0 Å². The number of nitrogens with zero attached hydrogens (tertiary/aromatic N) is 2. The number of nitrogens with one attached hydrogen (secondary N) is 1. The molecule has 1 saturated carbocycles. The van der Waals surface area contributed by atoms with Crippen molar-refractivity contribution in [1.29, 1.82) is 0 Å². The Hall–Kier alpha value is -2.33. The van der Waals surface area contributed by atoms with Gasteiger partial charge in [-0.3, -0.25) is 14.1 Å². The van der Waals surface area contributed by atoms with Crippen molar-refractivity contribution in [3.05, 3.63) is 23.8 Å². The van der Waals surface area contributed by atoms with Crippen molar-refractivity contribution in [1.82, 2.24) is 9.80 Å². The van der Waals surface area contributed by atoms with Crippen molar-refractivity contribution in [2.75, 3.05) is 44.6 Å². The first kappa shape index (κ1) is 22.4. The van der Waals surface area contributed by atoms with Crippen molar-refractivity contribution in [2.24, 2.45) is 5.92 Å². The topological polar surface area (TPSA) is 108 Å². The van der Waals surface area contributed by atoms with Gasteiger partial charge in [-0.2, -0.15) is 0 Å². The van der Waals surface area contributed by atoms with E-state index in [0.717, 1.165) is 6.42 Å². The molecule has 0 spiro atoms. The van der Waals surface area contributed by atoms with E-state index in [0.29, 0.717) is 55.7 Å². The van der Waals surface area contributed by atoms with Crippen LogP contribution in [0.25, 0.3) is 0 Å². The summed E-state index contributed by atoms with van der Waals surface area (Å²) in [5.41, 5.74) is 0.730. The molecule has 1 saturated heterocycles. The second-order valence-electron chi connectivity index (χ2n) is 7.60. The van der Waals surface area contributed by atoms with Crippen molar-refractivity contribution >= 4 is 29.0 Å². The van der Waals surface area contributed by atoms with E-state index in [4.69, 9.17) is 14.0 Å². The highest BCUT2D eigenvalue weighted by atomic mass is 32.2. The lowest BCUT2D eigenvalue weighted by molar-refractivity contribution is 0.0546. The largest absolute Gasteiger partial charge is 0.496 e. The molecule has 0 aromatic heterocycles. The van der Waals surface area contributed by atoms with E-state index in [9.17, 15) is 13.8 Å². The first-order valence-corrected chi connectivity index (χ1v) is 11.3. The molecule has 2 N–H and O–H groups in total. The van der Waals surface area contributed by atoms with E-state index in [2.05, 4.69) is 4.72 Å². The number of ether oxygens (including phenoxy) is 2. The minimum Gasteiger partial charge on any atom is -0.496 e. The van der Waals surface area contributed by atoms with Gasteiger partial charge in [0.15, 0.2) is 0 Å². The fraction of sp³-hybridized carbons (Fsp3) is 0.600. The van der Waals surface area contributed by atoms with E-state index < -0.39 is 11.3 Å². The lowest BCUT2D eigenvalue weighted by Crippen LogP contribution is -2.50. The summed E-state index contributed by atoms with van der Waals surface area (Å²) in [7, 11) is 1.44. The molecule has 9 nitrogen and oxygen atoms in total. The Morgan fingerprint density at radius 1 is 1.17 bits per heavy atom. The maximum Gasteiger partial charge on any atom is 0.409 e. The highest BCUT2D eigenvalue weighted by Crippen LogP contribution is 2.27. The number of amides is 2. The summed E-state index contributed by atoms with van der Waals surface area (Å²) in [6, 6.07) is 4.60. The molecule has 166 valence electrons. The molecular formula is C20H29N3O6S. The third-order valence-corrected chi connectivity index (χ3v) is 6.10. The SMILES string of the molecule is COc1cc(NS(=O)O)ccc1C(=O)N1CCN(C(=O)OCCC2CCCC2)CC1. The second kappa shape index (κ2) is 10.6. The molecule has 30 heavy (non-hydrogen) atoms. The molecule has 2 amide bonds. The van der Waals surface area contributed by atoms with E-state index in [1.807, 2.05) is 0 Å². The number of rotatable bonds is 7. The van der Waals surface area contributed by atoms with Gasteiger partial charge in [0.25, 0.3) is 17.2 Å². The first-order valence-electron chi connectivity index (χ1n) is 10.2. The van der Waals surface area contributed by atoms with E-state index in [-0.39, 0.29) is 12.0 Å². The number of hydrogen-bond donors (Lipinski definition) is 2. The molecular weight excluding hydrogens is 410 g/mol. The number of piperazine rings is 1. The summed E-state index contributed by atoms with van der Waals surface area (Å²) >= 11 is -2.21. The monoisotopic (exact) mass is 439 g/mol. The third kappa shape index (κ3) is 5.85. The maximum atomic E-state index is 12.9. The lowest BCUT2D eigenvalue weighted by atomic mass is 10.1. The number of anilines is 1. The van der Waals surface area contributed by atoms with E-state index >= 15 is 0 Å². The van der Waals surface area contributed by atoms with Gasteiger partial charge in [-0.15, -0.1) is 0 Å². The van der Waals surface area contributed by atoms with Gasteiger partial charge < -0.3 is 19.3 Å². The molecule has 0 radical (unpaired) electrons. The Morgan fingerprint density at radius 2 is 1.83 bits per heavy atom. The maximum absolute atomic E-state index is 12.9. The number of methoxy groups -OCH3 is 1. The molecule has 1 atom stereocenters. The van der Waals surface area contributed by atoms with Gasteiger partial charge >= 0.3 is 6.09 Å². The van der Waals surface area contributed by atoms with Crippen LogP contribution in [0.5, 0.6) is 5.75 Å². The van der Waals surface area contributed by atoms with Gasteiger partial charge in [-0.25, -0.2) is 9.00 Å². The summed E-state index contributed by atoms with van der Waals surface area (Å²) < 4.78 is 32.9. The molecule has 10 heteroatoms. The van der Waals surface area contributed by atoms with Crippen LogP contribution in [-0.2, 0) is 16.0 Å². The average molecular weight is 440 g/mol. The predicted octanol–water partition coefficient (Wildman–Crippen LogP) is 2.72. The Morgan fingerprint density at radius 3 is 2.47 bits per heavy atom. The smallest absolute Gasteiger partial charge is 0.409 e. The zero-order chi connectivity index (χ0) is 21.5. The second-order valence-corrected chi connectivity index (χ2v) is 8.30. The quantitative estimate of drug-likeness (QED) is 0.633. The molecule has 2 aliphatic rings. The minimum absolute atomic E-state index is 0.210. The Balaban J connectivity index is 1.49. The molecule has 1 aromatic rings. The number of benzene rings is 1. The van der Waals surface area contributed by atoms with Crippen molar-refractivity contribution in [3.8, 4) is 5.75 Å². The summed E-state index contributed by atoms with van der Waals surface area (Å²) in [6.07, 6.45) is 5.63. The molecule has 0 bridgehead atoms. The third-order valence-electron chi connectivity index (χ3n) is 5.69. The van der Waals surface area contributed by atoms with Crippen LogP contribution >= 0.6 is 0 Å².